The molecule has 2 aliphatic rings. The number of carbonyl (C=O) groups is 1. The van der Waals surface area contributed by atoms with Gasteiger partial charge >= 0.3 is 0 Å². The molecule has 3 N–H and O–H groups in total. The first-order chi connectivity index (χ1) is 15.1. The van der Waals surface area contributed by atoms with Crippen molar-refractivity contribution in [3.05, 3.63) is 29.8 Å². The molecule has 7 nitrogen and oxygen atoms in total. The number of amides is 1. The molecule has 31 heavy (non-hydrogen) atoms. The molecular formula is C24H39N5O2. The second-order valence-corrected chi connectivity index (χ2v) is 8.76. The van der Waals surface area contributed by atoms with Gasteiger partial charge in [0.15, 0.2) is 5.96 Å². The van der Waals surface area contributed by atoms with Crippen molar-refractivity contribution < 1.29 is 9.90 Å². The van der Waals surface area contributed by atoms with Crippen molar-refractivity contribution in [3.8, 4) is 0 Å². The van der Waals surface area contributed by atoms with Crippen LogP contribution in [-0.2, 0) is 11.3 Å². The van der Waals surface area contributed by atoms with E-state index in [1.54, 1.807) is 7.05 Å². The summed E-state index contributed by atoms with van der Waals surface area (Å²) in [6.07, 6.45) is 4.81. The molecule has 0 spiro atoms. The van der Waals surface area contributed by atoms with Gasteiger partial charge in [0.25, 0.3) is 0 Å². The van der Waals surface area contributed by atoms with E-state index < -0.39 is 0 Å². The van der Waals surface area contributed by atoms with Crippen molar-refractivity contribution in [2.24, 2.45) is 16.8 Å². The fourth-order valence-corrected chi connectivity index (χ4v) is 4.49. The summed E-state index contributed by atoms with van der Waals surface area (Å²) in [7, 11) is 1.71. The van der Waals surface area contributed by atoms with Gasteiger partial charge in [-0.1, -0.05) is 12.1 Å². The van der Waals surface area contributed by atoms with Crippen LogP contribution in [0.1, 0.15) is 44.6 Å². The molecule has 1 amide bonds. The number of hydrogen-bond acceptors (Lipinski definition) is 4. The van der Waals surface area contributed by atoms with Crippen LogP contribution in [0.25, 0.3) is 0 Å². The van der Waals surface area contributed by atoms with E-state index in [-0.39, 0.29) is 5.91 Å². The number of piperidine rings is 2. The van der Waals surface area contributed by atoms with Gasteiger partial charge in [-0.15, -0.1) is 0 Å². The van der Waals surface area contributed by atoms with Crippen molar-refractivity contribution >= 4 is 17.6 Å². The average Bonchev–Trinajstić information content (AvgIpc) is 2.82. The van der Waals surface area contributed by atoms with Gasteiger partial charge in [0.2, 0.25) is 5.91 Å². The second kappa shape index (κ2) is 11.9. The molecule has 0 unspecified atom stereocenters. The molecule has 1 aromatic rings. The molecule has 0 atom stereocenters. The maximum Gasteiger partial charge on any atom is 0.220 e. The number of aliphatic hydroxyl groups excluding tert-OH is 1. The van der Waals surface area contributed by atoms with Crippen LogP contribution in [-0.4, -0.2) is 68.3 Å². The van der Waals surface area contributed by atoms with Crippen LogP contribution >= 0.6 is 0 Å². The summed E-state index contributed by atoms with van der Waals surface area (Å²) in [6, 6.07) is 8.74. The van der Waals surface area contributed by atoms with Gasteiger partial charge in [0, 0.05) is 58.5 Å². The lowest BCUT2D eigenvalue weighted by Gasteiger charge is -2.34. The summed E-state index contributed by atoms with van der Waals surface area (Å²) in [5.74, 6) is 2.04. The number of likely N-dealkylation sites (tertiary alicyclic amines) is 1. The van der Waals surface area contributed by atoms with Crippen LogP contribution in [0, 0.1) is 11.8 Å². The summed E-state index contributed by atoms with van der Waals surface area (Å²) >= 11 is 0. The highest BCUT2D eigenvalue weighted by atomic mass is 16.3. The molecule has 0 aliphatic carbocycles. The monoisotopic (exact) mass is 429 g/mol. The van der Waals surface area contributed by atoms with E-state index in [0.29, 0.717) is 31.4 Å². The van der Waals surface area contributed by atoms with Crippen molar-refractivity contribution in [2.45, 2.75) is 45.6 Å². The lowest BCUT2D eigenvalue weighted by atomic mass is 9.93. The molecule has 3 rings (SSSR count). The third-order valence-corrected chi connectivity index (χ3v) is 6.59. The van der Waals surface area contributed by atoms with Crippen molar-refractivity contribution in [1.82, 2.24) is 15.5 Å². The zero-order valence-electron chi connectivity index (χ0n) is 19.1. The minimum atomic E-state index is 0.139. The highest BCUT2D eigenvalue weighted by molar-refractivity contribution is 5.80. The molecular weight excluding hydrogens is 390 g/mol. The summed E-state index contributed by atoms with van der Waals surface area (Å²) in [4.78, 5) is 21.3. The van der Waals surface area contributed by atoms with E-state index >= 15 is 0 Å². The third kappa shape index (κ3) is 6.86. The normalized spacial score (nSPS) is 18.9. The number of anilines is 1. The predicted molar refractivity (Wildman–Crippen MR) is 126 cm³/mol. The molecule has 0 radical (unpaired) electrons. The second-order valence-electron chi connectivity index (χ2n) is 8.76. The third-order valence-electron chi connectivity index (χ3n) is 6.59. The first-order valence-electron chi connectivity index (χ1n) is 11.8. The largest absolute Gasteiger partial charge is 0.396 e. The quantitative estimate of drug-likeness (QED) is 0.457. The lowest BCUT2D eigenvalue weighted by molar-refractivity contribution is -0.121. The van der Waals surface area contributed by atoms with Crippen LogP contribution in [0.2, 0.25) is 0 Å². The summed E-state index contributed by atoms with van der Waals surface area (Å²) < 4.78 is 0. The van der Waals surface area contributed by atoms with E-state index in [4.69, 9.17) is 4.99 Å². The minimum absolute atomic E-state index is 0.139. The number of aliphatic hydroxyl groups is 1. The van der Waals surface area contributed by atoms with E-state index in [9.17, 15) is 9.90 Å². The Morgan fingerprint density at radius 1 is 1.06 bits per heavy atom. The standard InChI is InChI=1S/C24H39N5O2/c1-3-26-24(29-14-8-19(9-15-29)16-23(31)25-2)27-17-20-4-6-22(7-5-20)28-12-10-21(18-30)11-13-28/h4-7,19,21,30H,3,8-18H2,1-2H3,(H,25,31)(H,26,27). The highest BCUT2D eigenvalue weighted by Gasteiger charge is 2.23. The minimum Gasteiger partial charge on any atom is -0.396 e. The Bertz CT molecular complexity index is 705. The van der Waals surface area contributed by atoms with E-state index in [1.165, 1.54) is 11.3 Å². The fourth-order valence-electron chi connectivity index (χ4n) is 4.49. The molecule has 2 saturated heterocycles. The number of hydrogen-bond donors (Lipinski definition) is 3. The topological polar surface area (TPSA) is 80.2 Å². The Hall–Kier alpha value is -2.28. The maximum atomic E-state index is 11.6. The first kappa shape index (κ1) is 23.4. The molecule has 2 heterocycles. The van der Waals surface area contributed by atoms with Crippen molar-refractivity contribution in [1.29, 1.82) is 0 Å². The van der Waals surface area contributed by atoms with Crippen LogP contribution in [0.4, 0.5) is 5.69 Å². The Morgan fingerprint density at radius 2 is 1.71 bits per heavy atom. The van der Waals surface area contributed by atoms with Gasteiger partial charge < -0.3 is 25.5 Å². The zero-order valence-corrected chi connectivity index (χ0v) is 19.1. The van der Waals surface area contributed by atoms with Crippen molar-refractivity contribution in [2.75, 3.05) is 51.3 Å². The number of aliphatic imine (C=N–C) groups is 1. The molecule has 7 heteroatoms. The molecule has 0 saturated carbocycles. The number of rotatable bonds is 7. The van der Waals surface area contributed by atoms with Crippen molar-refractivity contribution in [3.63, 3.8) is 0 Å². The number of carbonyl (C=O) groups excluding carboxylic acids is 1. The molecule has 0 aromatic heterocycles. The van der Waals surface area contributed by atoms with Crippen LogP contribution in [0.5, 0.6) is 0 Å². The van der Waals surface area contributed by atoms with Crippen LogP contribution in [0.3, 0.4) is 0 Å². The van der Waals surface area contributed by atoms with Gasteiger partial charge in [0.1, 0.15) is 0 Å². The zero-order chi connectivity index (χ0) is 22.1. The van der Waals surface area contributed by atoms with Gasteiger partial charge in [-0.05, 0) is 62.1 Å². The van der Waals surface area contributed by atoms with Gasteiger partial charge in [0.05, 0.1) is 6.54 Å². The van der Waals surface area contributed by atoms with Crippen LogP contribution in [0.15, 0.2) is 29.3 Å². The number of guanidine groups is 1. The Labute approximate surface area is 186 Å². The summed E-state index contributed by atoms with van der Waals surface area (Å²) in [5, 5.41) is 15.5. The molecule has 172 valence electrons. The van der Waals surface area contributed by atoms with E-state index in [2.05, 4.69) is 51.6 Å². The molecule has 0 bridgehead atoms. The first-order valence-corrected chi connectivity index (χ1v) is 11.8. The Morgan fingerprint density at radius 3 is 2.29 bits per heavy atom. The Kier molecular flexibility index (Phi) is 9.00. The number of nitrogens with one attached hydrogen (secondary N) is 2. The molecule has 1 aromatic carbocycles. The predicted octanol–water partition coefficient (Wildman–Crippen LogP) is 2.21. The smallest absolute Gasteiger partial charge is 0.220 e. The fraction of sp³-hybridized carbons (Fsp3) is 0.667. The Balaban J connectivity index is 1.53. The van der Waals surface area contributed by atoms with Gasteiger partial charge in [-0.25, -0.2) is 4.99 Å². The average molecular weight is 430 g/mol. The highest BCUT2D eigenvalue weighted by Crippen LogP contribution is 2.24. The lowest BCUT2D eigenvalue weighted by Crippen LogP contribution is -2.46. The summed E-state index contributed by atoms with van der Waals surface area (Å²) in [6.45, 7) is 7.83. The summed E-state index contributed by atoms with van der Waals surface area (Å²) in [5.41, 5.74) is 2.47. The number of nitrogens with zero attached hydrogens (tertiary/aromatic N) is 3. The van der Waals surface area contributed by atoms with E-state index in [1.807, 2.05) is 0 Å². The maximum absolute atomic E-state index is 11.6. The SMILES string of the molecule is CCNC(=NCc1ccc(N2CCC(CO)CC2)cc1)N1CCC(CC(=O)NC)CC1. The molecule has 2 fully saturated rings. The van der Waals surface area contributed by atoms with E-state index in [0.717, 1.165) is 64.4 Å². The van der Waals surface area contributed by atoms with Gasteiger partial charge in [-0.3, -0.25) is 4.79 Å². The van der Waals surface area contributed by atoms with Crippen LogP contribution < -0.4 is 15.5 Å². The number of benzene rings is 1. The molecule has 2 aliphatic heterocycles. The van der Waals surface area contributed by atoms with Gasteiger partial charge in [-0.2, -0.15) is 0 Å².